The van der Waals surface area contributed by atoms with Gasteiger partial charge in [0.05, 0.1) is 17.4 Å². The number of halogens is 2. The largest absolute Gasteiger partial charge is 0.349 e. The van der Waals surface area contributed by atoms with Crippen molar-refractivity contribution in [2.24, 2.45) is 11.7 Å². The Kier molecular flexibility index (Phi) is 6.83. The molecule has 0 bridgehead atoms. The molecule has 0 spiro atoms. The fraction of sp³-hybridized carbons (Fsp3) is 0.412. The SMILES string of the molecule is Cl.NCC1CCCCC1NC(=O)c1cnn(-c2ccc(Br)cc2)c1. The molecule has 1 aromatic carbocycles. The molecule has 2 unspecified atom stereocenters. The number of carbonyl (C=O) groups is 1. The Labute approximate surface area is 156 Å². The molecule has 24 heavy (non-hydrogen) atoms. The number of benzene rings is 1. The minimum atomic E-state index is -0.0706. The molecule has 3 N–H and O–H groups in total. The first-order chi connectivity index (χ1) is 11.2. The van der Waals surface area contributed by atoms with Crippen LogP contribution >= 0.6 is 28.3 Å². The molecule has 3 rings (SSSR count). The van der Waals surface area contributed by atoms with Crippen molar-refractivity contribution in [1.29, 1.82) is 0 Å². The number of nitrogens with one attached hydrogen (secondary N) is 1. The van der Waals surface area contributed by atoms with Crippen molar-refractivity contribution >= 4 is 34.2 Å². The number of nitrogens with zero attached hydrogens (tertiary/aromatic N) is 2. The third-order valence-electron chi connectivity index (χ3n) is 4.46. The summed E-state index contributed by atoms with van der Waals surface area (Å²) in [6.07, 6.45) is 7.83. The zero-order valence-electron chi connectivity index (χ0n) is 13.3. The van der Waals surface area contributed by atoms with Crippen LogP contribution in [0.1, 0.15) is 36.0 Å². The summed E-state index contributed by atoms with van der Waals surface area (Å²) in [4.78, 5) is 12.5. The molecule has 0 aliphatic heterocycles. The van der Waals surface area contributed by atoms with E-state index in [4.69, 9.17) is 5.73 Å². The molecule has 1 aliphatic carbocycles. The Morgan fingerprint density at radius 3 is 2.71 bits per heavy atom. The van der Waals surface area contributed by atoms with Crippen molar-refractivity contribution in [3.8, 4) is 5.69 Å². The van der Waals surface area contributed by atoms with Crippen molar-refractivity contribution in [1.82, 2.24) is 15.1 Å². The van der Waals surface area contributed by atoms with Crippen LogP contribution < -0.4 is 11.1 Å². The molecule has 2 atom stereocenters. The monoisotopic (exact) mass is 412 g/mol. The number of rotatable bonds is 4. The maximum atomic E-state index is 12.5. The Balaban J connectivity index is 0.00000208. The Morgan fingerprint density at radius 1 is 1.29 bits per heavy atom. The number of hydrogen-bond acceptors (Lipinski definition) is 3. The highest BCUT2D eigenvalue weighted by molar-refractivity contribution is 9.10. The lowest BCUT2D eigenvalue weighted by molar-refractivity contribution is 0.0908. The number of hydrogen-bond donors (Lipinski definition) is 2. The van der Waals surface area contributed by atoms with Gasteiger partial charge in [-0.1, -0.05) is 28.8 Å². The lowest BCUT2D eigenvalue weighted by Crippen LogP contribution is -2.44. The van der Waals surface area contributed by atoms with Crippen molar-refractivity contribution in [3.05, 3.63) is 46.7 Å². The maximum absolute atomic E-state index is 12.5. The van der Waals surface area contributed by atoms with Crippen LogP contribution in [0.15, 0.2) is 41.1 Å². The first kappa shape index (κ1) is 19.0. The normalized spacial score (nSPS) is 20.2. The number of carbonyl (C=O) groups excluding carboxylic acids is 1. The zero-order chi connectivity index (χ0) is 16.2. The van der Waals surface area contributed by atoms with Gasteiger partial charge < -0.3 is 11.1 Å². The molecule has 1 aliphatic rings. The molecule has 1 heterocycles. The standard InChI is InChI=1S/C17H21BrN4O.ClH/c18-14-5-7-15(8-6-14)22-11-13(10-20-22)17(23)21-16-4-2-1-3-12(16)9-19;/h5-8,10-12,16H,1-4,9,19H2,(H,21,23);1H. The predicted molar refractivity (Wildman–Crippen MR) is 101 cm³/mol. The van der Waals surface area contributed by atoms with E-state index in [0.29, 0.717) is 18.0 Å². The van der Waals surface area contributed by atoms with E-state index in [-0.39, 0.29) is 24.4 Å². The summed E-state index contributed by atoms with van der Waals surface area (Å²) >= 11 is 3.41. The molecule has 1 amide bonds. The molecule has 5 nitrogen and oxygen atoms in total. The van der Waals surface area contributed by atoms with E-state index in [1.54, 1.807) is 17.1 Å². The second-order valence-corrected chi connectivity index (χ2v) is 6.93. The van der Waals surface area contributed by atoms with Gasteiger partial charge in [0.1, 0.15) is 0 Å². The van der Waals surface area contributed by atoms with Crippen molar-refractivity contribution < 1.29 is 4.79 Å². The van der Waals surface area contributed by atoms with Gasteiger partial charge in [-0.3, -0.25) is 4.79 Å². The van der Waals surface area contributed by atoms with Crippen LogP contribution in [0, 0.1) is 5.92 Å². The maximum Gasteiger partial charge on any atom is 0.254 e. The Bertz CT molecular complexity index is 673. The lowest BCUT2D eigenvalue weighted by Gasteiger charge is -2.31. The molecular formula is C17H22BrClN4O. The zero-order valence-corrected chi connectivity index (χ0v) is 15.7. The van der Waals surface area contributed by atoms with Gasteiger partial charge in [-0.05, 0) is 49.6 Å². The van der Waals surface area contributed by atoms with Gasteiger partial charge in [0, 0.05) is 16.7 Å². The van der Waals surface area contributed by atoms with Crippen LogP contribution in [-0.4, -0.2) is 28.3 Å². The Morgan fingerprint density at radius 2 is 2.00 bits per heavy atom. The molecule has 1 saturated carbocycles. The number of nitrogens with two attached hydrogens (primary N) is 1. The smallest absolute Gasteiger partial charge is 0.254 e. The van der Waals surface area contributed by atoms with Crippen LogP contribution in [0.2, 0.25) is 0 Å². The third-order valence-corrected chi connectivity index (χ3v) is 4.99. The summed E-state index contributed by atoms with van der Waals surface area (Å²) in [5.41, 5.74) is 7.33. The molecule has 2 aromatic rings. The summed E-state index contributed by atoms with van der Waals surface area (Å²) in [7, 11) is 0. The topological polar surface area (TPSA) is 72.9 Å². The molecule has 7 heteroatoms. The minimum Gasteiger partial charge on any atom is -0.349 e. The van der Waals surface area contributed by atoms with Crippen molar-refractivity contribution in [2.45, 2.75) is 31.7 Å². The summed E-state index contributed by atoms with van der Waals surface area (Å²) in [6, 6.07) is 7.97. The fourth-order valence-corrected chi connectivity index (χ4v) is 3.37. The minimum absolute atomic E-state index is 0. The van der Waals surface area contributed by atoms with E-state index in [1.807, 2.05) is 24.3 Å². The van der Waals surface area contributed by atoms with Gasteiger partial charge in [-0.2, -0.15) is 5.10 Å². The van der Waals surface area contributed by atoms with E-state index in [0.717, 1.165) is 29.4 Å². The Hall–Kier alpha value is -1.37. The highest BCUT2D eigenvalue weighted by Gasteiger charge is 2.26. The van der Waals surface area contributed by atoms with Gasteiger partial charge in [0.25, 0.3) is 5.91 Å². The molecule has 0 saturated heterocycles. The summed E-state index contributed by atoms with van der Waals surface area (Å²) < 4.78 is 2.72. The highest BCUT2D eigenvalue weighted by atomic mass is 79.9. The van der Waals surface area contributed by atoms with Crippen LogP contribution in [0.25, 0.3) is 5.69 Å². The van der Waals surface area contributed by atoms with E-state index in [1.165, 1.54) is 6.42 Å². The number of amides is 1. The summed E-state index contributed by atoms with van der Waals surface area (Å²) in [5.74, 6) is 0.313. The van der Waals surface area contributed by atoms with Crippen molar-refractivity contribution in [3.63, 3.8) is 0 Å². The van der Waals surface area contributed by atoms with Crippen LogP contribution in [-0.2, 0) is 0 Å². The van der Waals surface area contributed by atoms with E-state index >= 15 is 0 Å². The molecule has 1 aromatic heterocycles. The highest BCUT2D eigenvalue weighted by Crippen LogP contribution is 2.24. The van der Waals surface area contributed by atoms with Crippen LogP contribution in [0.4, 0.5) is 0 Å². The second-order valence-electron chi connectivity index (χ2n) is 6.01. The first-order valence-electron chi connectivity index (χ1n) is 7.99. The van der Waals surface area contributed by atoms with Gasteiger partial charge in [-0.15, -0.1) is 12.4 Å². The van der Waals surface area contributed by atoms with E-state index in [2.05, 4.69) is 26.3 Å². The molecule has 130 valence electrons. The molecule has 0 radical (unpaired) electrons. The number of aromatic nitrogens is 2. The van der Waals surface area contributed by atoms with Crippen LogP contribution in [0.5, 0.6) is 0 Å². The summed E-state index contributed by atoms with van der Waals surface area (Å²) in [5, 5.41) is 7.42. The van der Waals surface area contributed by atoms with Gasteiger partial charge in [0.15, 0.2) is 0 Å². The quantitative estimate of drug-likeness (QED) is 0.807. The van der Waals surface area contributed by atoms with Gasteiger partial charge in [-0.25, -0.2) is 4.68 Å². The molecule has 1 fully saturated rings. The third kappa shape index (κ3) is 4.37. The van der Waals surface area contributed by atoms with Crippen molar-refractivity contribution in [2.75, 3.05) is 6.54 Å². The van der Waals surface area contributed by atoms with Gasteiger partial charge >= 0.3 is 0 Å². The van der Waals surface area contributed by atoms with E-state index in [9.17, 15) is 4.79 Å². The lowest BCUT2D eigenvalue weighted by atomic mass is 9.84. The average Bonchev–Trinajstić information content (AvgIpc) is 3.06. The fourth-order valence-electron chi connectivity index (χ4n) is 3.11. The molecular weight excluding hydrogens is 392 g/mol. The van der Waals surface area contributed by atoms with Crippen LogP contribution in [0.3, 0.4) is 0 Å². The van der Waals surface area contributed by atoms with E-state index < -0.39 is 0 Å². The predicted octanol–water partition coefficient (Wildman–Crippen LogP) is 3.30. The first-order valence-corrected chi connectivity index (χ1v) is 8.78. The average molecular weight is 414 g/mol. The second kappa shape index (κ2) is 8.65. The summed E-state index contributed by atoms with van der Waals surface area (Å²) in [6.45, 7) is 0.628. The van der Waals surface area contributed by atoms with Gasteiger partial charge in [0.2, 0.25) is 0 Å².